The van der Waals surface area contributed by atoms with Crippen molar-refractivity contribution in [1.82, 2.24) is 4.90 Å². The monoisotopic (exact) mass is 351 g/mol. The second-order valence-corrected chi connectivity index (χ2v) is 6.67. The van der Waals surface area contributed by atoms with Crippen molar-refractivity contribution < 1.29 is 19.5 Å². The van der Waals surface area contributed by atoms with Gasteiger partial charge in [-0.25, -0.2) is 0 Å². The fourth-order valence-corrected chi connectivity index (χ4v) is 3.26. The average molecular weight is 351 g/mol. The summed E-state index contributed by atoms with van der Waals surface area (Å²) in [6.45, 7) is 2.64. The molecule has 0 aromatic heterocycles. The number of benzene rings is 2. The maximum absolute atomic E-state index is 13.0. The Kier molecular flexibility index (Phi) is 5.16. The molecule has 26 heavy (non-hydrogen) atoms. The van der Waals surface area contributed by atoms with Crippen LogP contribution in [0.15, 0.2) is 48.5 Å². The van der Waals surface area contributed by atoms with E-state index in [1.165, 1.54) is 0 Å². The first kappa shape index (κ1) is 17.9. The minimum atomic E-state index is -0.883. The van der Waals surface area contributed by atoms with Gasteiger partial charge in [0.05, 0.1) is 11.5 Å². The molecule has 2 aromatic carbocycles. The smallest absolute Gasteiger partial charge is 0.308 e. The molecule has 0 saturated carbocycles. The van der Waals surface area contributed by atoms with Gasteiger partial charge in [-0.15, -0.1) is 0 Å². The number of carbonyl (C=O) groups is 3. The van der Waals surface area contributed by atoms with Gasteiger partial charge in [0, 0.05) is 24.2 Å². The Morgan fingerprint density at radius 3 is 2.31 bits per heavy atom. The zero-order chi connectivity index (χ0) is 18.7. The molecule has 1 fully saturated rings. The molecule has 0 aliphatic carbocycles. The maximum atomic E-state index is 13.0. The van der Waals surface area contributed by atoms with Crippen molar-refractivity contribution in [2.45, 2.75) is 19.8 Å². The summed E-state index contributed by atoms with van der Waals surface area (Å²) in [4.78, 5) is 38.6. The molecule has 2 aromatic rings. The fraction of sp³-hybridized carbons (Fsp3) is 0.286. The first-order valence-corrected chi connectivity index (χ1v) is 8.70. The van der Waals surface area contributed by atoms with Gasteiger partial charge in [0.1, 0.15) is 0 Å². The summed E-state index contributed by atoms with van der Waals surface area (Å²) in [5.74, 6) is -1.92. The highest BCUT2D eigenvalue weighted by Crippen LogP contribution is 2.22. The lowest BCUT2D eigenvalue weighted by Crippen LogP contribution is -2.42. The summed E-state index contributed by atoms with van der Waals surface area (Å²) >= 11 is 0. The summed E-state index contributed by atoms with van der Waals surface area (Å²) < 4.78 is 0. The number of aryl methyl sites for hydroxylation is 1. The molecule has 1 amide bonds. The number of rotatable bonds is 4. The van der Waals surface area contributed by atoms with Gasteiger partial charge in [0.2, 0.25) is 0 Å². The molecule has 0 radical (unpaired) electrons. The topological polar surface area (TPSA) is 74.7 Å². The number of amides is 1. The zero-order valence-electron chi connectivity index (χ0n) is 14.6. The lowest BCUT2D eigenvalue weighted by atomic mass is 9.94. The van der Waals surface area contributed by atoms with Crippen LogP contribution in [-0.4, -0.2) is 40.8 Å². The van der Waals surface area contributed by atoms with Gasteiger partial charge < -0.3 is 10.0 Å². The molecule has 0 bridgehead atoms. The van der Waals surface area contributed by atoms with Gasteiger partial charge in [0.15, 0.2) is 5.78 Å². The van der Waals surface area contributed by atoms with Crippen LogP contribution in [0.2, 0.25) is 0 Å². The van der Waals surface area contributed by atoms with E-state index in [2.05, 4.69) is 0 Å². The van der Waals surface area contributed by atoms with Crippen molar-refractivity contribution in [2.24, 2.45) is 5.92 Å². The van der Waals surface area contributed by atoms with Crippen LogP contribution in [0.4, 0.5) is 0 Å². The first-order chi connectivity index (χ1) is 12.5. The minimum absolute atomic E-state index is 0.182. The molecule has 1 atom stereocenters. The van der Waals surface area contributed by atoms with Crippen LogP contribution in [0.25, 0.3) is 0 Å². The van der Waals surface area contributed by atoms with E-state index in [4.69, 9.17) is 0 Å². The molecule has 3 rings (SSSR count). The predicted molar refractivity (Wildman–Crippen MR) is 97.3 cm³/mol. The van der Waals surface area contributed by atoms with Gasteiger partial charge in [0.25, 0.3) is 5.91 Å². The molecule has 0 spiro atoms. The molecule has 1 heterocycles. The summed E-state index contributed by atoms with van der Waals surface area (Å²) in [5, 5.41) is 9.23. The fourth-order valence-electron chi connectivity index (χ4n) is 3.26. The minimum Gasteiger partial charge on any atom is -0.481 e. The van der Waals surface area contributed by atoms with E-state index >= 15 is 0 Å². The van der Waals surface area contributed by atoms with Crippen LogP contribution in [0.3, 0.4) is 0 Å². The van der Waals surface area contributed by atoms with E-state index in [0.717, 1.165) is 5.56 Å². The van der Waals surface area contributed by atoms with Crippen LogP contribution in [-0.2, 0) is 4.79 Å². The van der Waals surface area contributed by atoms with E-state index in [-0.39, 0.29) is 18.2 Å². The molecule has 1 aliphatic rings. The second-order valence-electron chi connectivity index (χ2n) is 6.67. The van der Waals surface area contributed by atoms with Crippen LogP contribution >= 0.6 is 0 Å². The van der Waals surface area contributed by atoms with Crippen molar-refractivity contribution in [1.29, 1.82) is 0 Å². The number of hydrogen-bond donors (Lipinski definition) is 1. The Bertz CT molecular complexity index is 841. The first-order valence-electron chi connectivity index (χ1n) is 8.70. The molecule has 5 nitrogen and oxygen atoms in total. The molecule has 1 aliphatic heterocycles. The third-order valence-electron chi connectivity index (χ3n) is 4.77. The molecular formula is C21H21NO4. The summed E-state index contributed by atoms with van der Waals surface area (Å²) in [7, 11) is 0. The van der Waals surface area contributed by atoms with Gasteiger partial charge in [-0.1, -0.05) is 48.0 Å². The van der Waals surface area contributed by atoms with Crippen molar-refractivity contribution in [3.05, 3.63) is 70.8 Å². The Balaban J connectivity index is 1.89. The van der Waals surface area contributed by atoms with Gasteiger partial charge >= 0.3 is 5.97 Å². The van der Waals surface area contributed by atoms with Gasteiger partial charge in [-0.2, -0.15) is 0 Å². The maximum Gasteiger partial charge on any atom is 0.308 e. The number of carboxylic acid groups (broad SMARTS) is 1. The highest BCUT2D eigenvalue weighted by atomic mass is 16.4. The quantitative estimate of drug-likeness (QED) is 0.859. The highest BCUT2D eigenvalue weighted by molar-refractivity contribution is 6.15. The third-order valence-corrected chi connectivity index (χ3v) is 4.77. The Hall–Kier alpha value is -2.95. The summed E-state index contributed by atoms with van der Waals surface area (Å²) in [5.41, 5.74) is 2.25. The average Bonchev–Trinajstić information content (AvgIpc) is 2.67. The van der Waals surface area contributed by atoms with Crippen molar-refractivity contribution in [2.75, 3.05) is 13.1 Å². The molecule has 134 valence electrons. The number of likely N-dealkylation sites (tertiary alicyclic amines) is 1. The van der Waals surface area contributed by atoms with Crippen LogP contribution in [0, 0.1) is 12.8 Å². The normalized spacial score (nSPS) is 17.0. The number of carboxylic acids is 1. The second kappa shape index (κ2) is 7.52. The zero-order valence-corrected chi connectivity index (χ0v) is 14.6. The van der Waals surface area contributed by atoms with Crippen LogP contribution in [0.1, 0.15) is 44.7 Å². The summed E-state index contributed by atoms with van der Waals surface area (Å²) in [6.07, 6.45) is 1.22. The number of nitrogens with zero attached hydrogens (tertiary/aromatic N) is 1. The van der Waals surface area contributed by atoms with E-state index in [1.54, 1.807) is 41.3 Å². The number of carbonyl (C=O) groups excluding carboxylic acids is 2. The highest BCUT2D eigenvalue weighted by Gasteiger charge is 2.30. The molecule has 5 heteroatoms. The number of aliphatic carboxylic acids is 1. The number of ketones is 1. The molecule has 1 N–H and O–H groups in total. The molecule has 1 saturated heterocycles. The van der Waals surface area contributed by atoms with Crippen LogP contribution < -0.4 is 0 Å². The Morgan fingerprint density at radius 2 is 1.65 bits per heavy atom. The van der Waals surface area contributed by atoms with Crippen molar-refractivity contribution in [3.8, 4) is 0 Å². The van der Waals surface area contributed by atoms with Crippen molar-refractivity contribution >= 4 is 17.7 Å². The molecular weight excluding hydrogens is 330 g/mol. The standard InChI is InChI=1S/C21H21NO4/c1-14-8-10-15(11-9-14)19(23)17-6-2-3-7-18(17)20(24)22-12-4-5-16(13-22)21(25)26/h2-3,6-11,16H,4-5,12-13H2,1H3,(H,25,26)/t16-/m0/s1. The lowest BCUT2D eigenvalue weighted by molar-refractivity contribution is -0.143. The Morgan fingerprint density at radius 1 is 1.00 bits per heavy atom. The van der Waals surface area contributed by atoms with E-state index in [0.29, 0.717) is 36.1 Å². The molecule has 0 unspecified atom stereocenters. The third kappa shape index (κ3) is 3.67. The number of hydrogen-bond acceptors (Lipinski definition) is 3. The predicted octanol–water partition coefficient (Wildman–Crippen LogP) is 3.16. The van der Waals surface area contributed by atoms with Gasteiger partial charge in [-0.3, -0.25) is 14.4 Å². The summed E-state index contributed by atoms with van der Waals surface area (Å²) in [6, 6.07) is 14.0. The van der Waals surface area contributed by atoms with Gasteiger partial charge in [-0.05, 0) is 25.8 Å². The Labute approximate surface area is 152 Å². The van der Waals surface area contributed by atoms with Crippen molar-refractivity contribution in [3.63, 3.8) is 0 Å². The number of piperidine rings is 1. The lowest BCUT2D eigenvalue weighted by Gasteiger charge is -2.31. The van der Waals surface area contributed by atoms with Crippen LogP contribution in [0.5, 0.6) is 0 Å². The SMILES string of the molecule is Cc1ccc(C(=O)c2ccccc2C(=O)N2CCC[C@H](C(=O)O)C2)cc1. The largest absolute Gasteiger partial charge is 0.481 e. The van der Waals surface area contributed by atoms with E-state index in [9.17, 15) is 19.5 Å². The van der Waals surface area contributed by atoms with E-state index < -0.39 is 11.9 Å². The van der Waals surface area contributed by atoms with E-state index in [1.807, 2.05) is 19.1 Å².